The van der Waals surface area contributed by atoms with Crippen molar-refractivity contribution in [3.63, 3.8) is 0 Å². The van der Waals surface area contributed by atoms with Crippen molar-refractivity contribution < 1.29 is 24.5 Å². The summed E-state index contributed by atoms with van der Waals surface area (Å²) in [7, 11) is 0. The first-order valence-electron chi connectivity index (χ1n) is 8.18. The van der Waals surface area contributed by atoms with E-state index >= 15 is 0 Å². The summed E-state index contributed by atoms with van der Waals surface area (Å²) < 4.78 is 0. The number of phenols is 1. The van der Waals surface area contributed by atoms with Gasteiger partial charge in [-0.1, -0.05) is 50.2 Å². The lowest BCUT2D eigenvalue weighted by molar-refractivity contribution is -0.235. The second-order valence-electron chi connectivity index (χ2n) is 6.35. The SMILES string of the molecule is CC(C)Cc1ccc(C(C)C(=O)OOC(=O)c2ccccc2O)cc1. The fourth-order valence-electron chi connectivity index (χ4n) is 2.39. The minimum Gasteiger partial charge on any atom is -0.507 e. The van der Waals surface area contributed by atoms with Gasteiger partial charge in [-0.15, -0.1) is 0 Å². The Hall–Kier alpha value is -2.82. The molecule has 132 valence electrons. The lowest BCUT2D eigenvalue weighted by atomic mass is 9.97. The van der Waals surface area contributed by atoms with Gasteiger partial charge in [0.25, 0.3) is 0 Å². The maximum Gasteiger partial charge on any atom is 0.390 e. The molecule has 2 aromatic rings. The van der Waals surface area contributed by atoms with Gasteiger partial charge in [-0.05, 0) is 42.5 Å². The zero-order valence-electron chi connectivity index (χ0n) is 14.6. The molecular formula is C20H22O5. The van der Waals surface area contributed by atoms with Gasteiger partial charge in [-0.3, -0.25) is 0 Å². The number of benzene rings is 2. The number of hydrogen-bond donors (Lipinski definition) is 1. The number of rotatable bonds is 5. The van der Waals surface area contributed by atoms with Crippen LogP contribution in [0.3, 0.4) is 0 Å². The van der Waals surface area contributed by atoms with Gasteiger partial charge in [0, 0.05) is 0 Å². The average molecular weight is 342 g/mol. The molecule has 0 bridgehead atoms. The Morgan fingerprint density at radius 3 is 2.20 bits per heavy atom. The minimum absolute atomic E-state index is 0.0685. The number of carbonyl (C=O) groups excluding carboxylic acids is 2. The Bertz CT molecular complexity index is 734. The van der Waals surface area contributed by atoms with Gasteiger partial charge in [0.2, 0.25) is 0 Å². The van der Waals surface area contributed by atoms with Gasteiger partial charge in [-0.25, -0.2) is 19.4 Å². The zero-order chi connectivity index (χ0) is 18.4. The Labute approximate surface area is 147 Å². The highest BCUT2D eigenvalue weighted by atomic mass is 17.2. The van der Waals surface area contributed by atoms with E-state index in [2.05, 4.69) is 23.6 Å². The maximum atomic E-state index is 12.1. The van der Waals surface area contributed by atoms with Crippen molar-refractivity contribution in [2.24, 2.45) is 5.92 Å². The lowest BCUT2D eigenvalue weighted by Crippen LogP contribution is -2.16. The quantitative estimate of drug-likeness (QED) is 0.656. The lowest BCUT2D eigenvalue weighted by Gasteiger charge is -2.11. The molecule has 0 aliphatic heterocycles. The standard InChI is InChI=1S/C20H22O5/c1-13(2)12-15-8-10-16(11-9-15)14(3)19(22)24-25-20(23)17-6-4-5-7-18(17)21/h4-11,13-14,21H,12H2,1-3H3. The molecule has 0 aromatic heterocycles. The maximum absolute atomic E-state index is 12.1. The molecule has 5 nitrogen and oxygen atoms in total. The largest absolute Gasteiger partial charge is 0.507 e. The first kappa shape index (κ1) is 18.5. The summed E-state index contributed by atoms with van der Waals surface area (Å²) >= 11 is 0. The molecule has 5 heteroatoms. The predicted octanol–water partition coefficient (Wildman–Crippen LogP) is 4.01. The van der Waals surface area contributed by atoms with Crippen molar-refractivity contribution in [1.82, 2.24) is 0 Å². The van der Waals surface area contributed by atoms with Gasteiger partial charge < -0.3 is 5.11 Å². The number of hydrogen-bond acceptors (Lipinski definition) is 5. The van der Waals surface area contributed by atoms with E-state index in [4.69, 9.17) is 0 Å². The van der Waals surface area contributed by atoms with Crippen LogP contribution in [0.15, 0.2) is 48.5 Å². The summed E-state index contributed by atoms with van der Waals surface area (Å²) in [5, 5.41) is 9.58. The van der Waals surface area contributed by atoms with Crippen LogP contribution in [-0.2, 0) is 21.0 Å². The smallest absolute Gasteiger partial charge is 0.390 e. The molecule has 0 amide bonds. The second-order valence-corrected chi connectivity index (χ2v) is 6.35. The Kier molecular flexibility index (Phi) is 6.17. The van der Waals surface area contributed by atoms with Crippen LogP contribution >= 0.6 is 0 Å². The van der Waals surface area contributed by atoms with Crippen molar-refractivity contribution >= 4 is 11.9 Å². The number of phenolic OH excluding ortho intramolecular Hbond substituents is 1. The van der Waals surface area contributed by atoms with E-state index in [1.807, 2.05) is 24.3 Å². The summed E-state index contributed by atoms with van der Waals surface area (Å²) in [5.74, 6) is -1.86. The summed E-state index contributed by atoms with van der Waals surface area (Å²) in [6, 6.07) is 13.6. The number of aromatic hydroxyl groups is 1. The molecule has 0 spiro atoms. The van der Waals surface area contributed by atoms with Crippen LogP contribution in [0.1, 0.15) is 48.2 Å². The fraction of sp³-hybridized carbons (Fsp3) is 0.300. The summed E-state index contributed by atoms with van der Waals surface area (Å²) in [6.07, 6.45) is 0.970. The monoisotopic (exact) mass is 342 g/mol. The van der Waals surface area contributed by atoms with Crippen LogP contribution in [-0.4, -0.2) is 17.0 Å². The van der Waals surface area contributed by atoms with E-state index in [1.165, 1.54) is 17.7 Å². The third-order valence-corrected chi connectivity index (χ3v) is 3.80. The molecule has 1 unspecified atom stereocenters. The van der Waals surface area contributed by atoms with Crippen LogP contribution in [0.25, 0.3) is 0 Å². The fourth-order valence-corrected chi connectivity index (χ4v) is 2.39. The summed E-state index contributed by atoms with van der Waals surface area (Å²) in [6.45, 7) is 5.97. The van der Waals surface area contributed by atoms with Crippen molar-refractivity contribution in [3.8, 4) is 5.75 Å². The highest BCUT2D eigenvalue weighted by Crippen LogP contribution is 2.20. The van der Waals surface area contributed by atoms with Crippen molar-refractivity contribution in [3.05, 3.63) is 65.2 Å². The van der Waals surface area contributed by atoms with E-state index in [1.54, 1.807) is 19.1 Å². The molecule has 0 heterocycles. The van der Waals surface area contributed by atoms with E-state index in [0.29, 0.717) is 5.92 Å². The van der Waals surface area contributed by atoms with E-state index in [9.17, 15) is 14.7 Å². The van der Waals surface area contributed by atoms with Crippen LogP contribution in [0, 0.1) is 5.92 Å². The van der Waals surface area contributed by atoms with Gasteiger partial charge >= 0.3 is 11.9 Å². The average Bonchev–Trinajstić information content (AvgIpc) is 2.59. The molecule has 2 rings (SSSR count). The Balaban J connectivity index is 1.94. The normalized spacial score (nSPS) is 11.8. The summed E-state index contributed by atoms with van der Waals surface area (Å²) in [5.41, 5.74) is 1.91. The van der Waals surface area contributed by atoms with E-state index in [-0.39, 0.29) is 11.3 Å². The molecule has 0 saturated carbocycles. The third-order valence-electron chi connectivity index (χ3n) is 3.80. The first-order valence-corrected chi connectivity index (χ1v) is 8.18. The molecule has 0 aliphatic carbocycles. The Morgan fingerprint density at radius 1 is 0.960 bits per heavy atom. The van der Waals surface area contributed by atoms with Gasteiger partial charge in [0.1, 0.15) is 11.3 Å². The molecule has 0 aliphatic rings. The van der Waals surface area contributed by atoms with Gasteiger partial charge in [-0.2, -0.15) is 0 Å². The van der Waals surface area contributed by atoms with Crippen LogP contribution < -0.4 is 0 Å². The third kappa shape index (κ3) is 5.08. The van der Waals surface area contributed by atoms with E-state index in [0.717, 1.165) is 12.0 Å². The molecule has 0 saturated heterocycles. The zero-order valence-corrected chi connectivity index (χ0v) is 14.6. The van der Waals surface area contributed by atoms with Crippen LogP contribution in [0.5, 0.6) is 5.75 Å². The van der Waals surface area contributed by atoms with E-state index < -0.39 is 17.9 Å². The number of para-hydroxylation sites is 1. The number of carbonyl (C=O) groups is 2. The van der Waals surface area contributed by atoms with Crippen LogP contribution in [0.4, 0.5) is 0 Å². The molecule has 25 heavy (non-hydrogen) atoms. The molecule has 2 aromatic carbocycles. The second kappa shape index (κ2) is 8.33. The summed E-state index contributed by atoms with van der Waals surface area (Å²) in [4.78, 5) is 33.0. The van der Waals surface area contributed by atoms with Crippen molar-refractivity contribution in [2.45, 2.75) is 33.1 Å². The highest BCUT2D eigenvalue weighted by molar-refractivity contribution is 5.92. The highest BCUT2D eigenvalue weighted by Gasteiger charge is 2.21. The van der Waals surface area contributed by atoms with Gasteiger partial charge in [0.05, 0.1) is 5.92 Å². The Morgan fingerprint density at radius 2 is 1.60 bits per heavy atom. The van der Waals surface area contributed by atoms with Crippen LogP contribution in [0.2, 0.25) is 0 Å². The first-order chi connectivity index (χ1) is 11.9. The topological polar surface area (TPSA) is 72.8 Å². The van der Waals surface area contributed by atoms with Crippen molar-refractivity contribution in [2.75, 3.05) is 0 Å². The van der Waals surface area contributed by atoms with Crippen molar-refractivity contribution in [1.29, 1.82) is 0 Å². The molecule has 0 fully saturated rings. The molecule has 1 atom stereocenters. The molecule has 1 N–H and O–H groups in total. The van der Waals surface area contributed by atoms with Gasteiger partial charge in [0.15, 0.2) is 0 Å². The molecular weight excluding hydrogens is 320 g/mol. The predicted molar refractivity (Wildman–Crippen MR) is 93.0 cm³/mol. The minimum atomic E-state index is -0.925. The molecule has 0 radical (unpaired) electrons.